The lowest BCUT2D eigenvalue weighted by molar-refractivity contribution is 0.715. The number of halogens is 4. The number of rotatable bonds is 5. The van der Waals surface area contributed by atoms with E-state index in [1.165, 1.54) is 0 Å². The Labute approximate surface area is 201 Å². The standard InChI is InChI=1S/C21H16BrCl3N4S/c1-3-11(2)20-26-27-21(30-20)18-17(22)19(12-4-6-13(23)7-5-12)29(28-18)16-9-8-14(24)10-15(16)25/h4-11H,3H2,1-2H3. The zero-order valence-corrected chi connectivity index (χ0v) is 20.7. The Morgan fingerprint density at radius 3 is 2.40 bits per heavy atom. The summed E-state index contributed by atoms with van der Waals surface area (Å²) in [6.07, 6.45) is 1.00. The van der Waals surface area contributed by atoms with Crippen molar-refractivity contribution in [2.45, 2.75) is 26.2 Å². The molecule has 0 fully saturated rings. The van der Waals surface area contributed by atoms with E-state index < -0.39 is 0 Å². The van der Waals surface area contributed by atoms with Gasteiger partial charge in [-0.1, -0.05) is 72.1 Å². The van der Waals surface area contributed by atoms with E-state index in [4.69, 9.17) is 39.9 Å². The van der Waals surface area contributed by atoms with E-state index in [9.17, 15) is 0 Å². The van der Waals surface area contributed by atoms with Gasteiger partial charge < -0.3 is 0 Å². The summed E-state index contributed by atoms with van der Waals surface area (Å²) in [5, 5.41) is 17.1. The molecule has 2 aromatic carbocycles. The monoisotopic (exact) mass is 540 g/mol. The van der Waals surface area contributed by atoms with Gasteiger partial charge in [0, 0.05) is 21.5 Å². The minimum atomic E-state index is 0.346. The van der Waals surface area contributed by atoms with E-state index in [1.54, 1.807) is 28.2 Å². The van der Waals surface area contributed by atoms with E-state index >= 15 is 0 Å². The molecule has 0 amide bonds. The lowest BCUT2D eigenvalue weighted by Gasteiger charge is -2.10. The zero-order chi connectivity index (χ0) is 21.4. The summed E-state index contributed by atoms with van der Waals surface area (Å²) in [6.45, 7) is 4.28. The largest absolute Gasteiger partial charge is 0.230 e. The van der Waals surface area contributed by atoms with Gasteiger partial charge in [0.15, 0.2) is 5.01 Å². The lowest BCUT2D eigenvalue weighted by atomic mass is 10.1. The molecule has 0 aliphatic rings. The first kappa shape index (κ1) is 21.8. The Kier molecular flexibility index (Phi) is 6.51. The molecule has 0 N–H and O–H groups in total. The van der Waals surface area contributed by atoms with Crippen LogP contribution in [0.15, 0.2) is 46.9 Å². The fourth-order valence-electron chi connectivity index (χ4n) is 2.92. The molecule has 154 valence electrons. The second kappa shape index (κ2) is 8.97. The van der Waals surface area contributed by atoms with Crippen LogP contribution < -0.4 is 0 Å². The third-order valence-corrected chi connectivity index (χ3v) is 7.46. The highest BCUT2D eigenvalue weighted by atomic mass is 79.9. The molecule has 0 aliphatic carbocycles. The zero-order valence-electron chi connectivity index (χ0n) is 16.0. The minimum Gasteiger partial charge on any atom is -0.230 e. The van der Waals surface area contributed by atoms with Crippen LogP contribution in [0.1, 0.15) is 31.2 Å². The van der Waals surface area contributed by atoms with Gasteiger partial charge in [-0.05, 0) is 52.7 Å². The normalized spacial score (nSPS) is 12.3. The quantitative estimate of drug-likeness (QED) is 0.255. The molecular formula is C21H16BrCl3N4S. The van der Waals surface area contributed by atoms with Gasteiger partial charge in [0.25, 0.3) is 0 Å². The van der Waals surface area contributed by atoms with Crippen LogP contribution in [-0.2, 0) is 0 Å². The van der Waals surface area contributed by atoms with E-state index in [1.807, 2.05) is 30.3 Å². The Balaban J connectivity index is 1.93. The molecule has 0 aliphatic heterocycles. The van der Waals surface area contributed by atoms with Gasteiger partial charge in [-0.3, -0.25) is 0 Å². The fraction of sp³-hybridized carbons (Fsp3) is 0.190. The molecule has 0 spiro atoms. The van der Waals surface area contributed by atoms with Crippen LogP contribution in [0.25, 0.3) is 27.6 Å². The van der Waals surface area contributed by atoms with Crippen LogP contribution in [0.4, 0.5) is 0 Å². The lowest BCUT2D eigenvalue weighted by Crippen LogP contribution is -2.00. The first-order chi connectivity index (χ1) is 14.4. The van der Waals surface area contributed by atoms with Crippen LogP contribution in [0, 0.1) is 0 Å². The molecule has 4 rings (SSSR count). The topological polar surface area (TPSA) is 43.6 Å². The van der Waals surface area contributed by atoms with E-state index in [2.05, 4.69) is 40.0 Å². The molecule has 1 atom stereocenters. The number of nitrogens with zero attached hydrogens (tertiary/aromatic N) is 4. The maximum Gasteiger partial charge on any atom is 0.169 e. The Morgan fingerprint density at radius 2 is 1.73 bits per heavy atom. The van der Waals surface area contributed by atoms with Crippen molar-refractivity contribution in [3.05, 3.63) is 67.0 Å². The van der Waals surface area contributed by atoms with Gasteiger partial charge in [-0.2, -0.15) is 5.10 Å². The van der Waals surface area contributed by atoms with Gasteiger partial charge in [-0.15, -0.1) is 10.2 Å². The fourth-order valence-corrected chi connectivity index (χ4v) is 5.30. The molecule has 4 nitrogen and oxygen atoms in total. The van der Waals surface area contributed by atoms with E-state index in [0.717, 1.165) is 32.2 Å². The van der Waals surface area contributed by atoms with Crippen LogP contribution in [-0.4, -0.2) is 20.0 Å². The van der Waals surface area contributed by atoms with Crippen LogP contribution in [0.3, 0.4) is 0 Å². The molecule has 0 bridgehead atoms. The average molecular weight is 543 g/mol. The van der Waals surface area contributed by atoms with Crippen molar-refractivity contribution in [3.8, 4) is 27.6 Å². The minimum absolute atomic E-state index is 0.346. The van der Waals surface area contributed by atoms with Crippen molar-refractivity contribution in [1.82, 2.24) is 20.0 Å². The molecule has 0 saturated heterocycles. The first-order valence-corrected chi connectivity index (χ1v) is 12.0. The van der Waals surface area contributed by atoms with Crippen LogP contribution >= 0.6 is 62.1 Å². The van der Waals surface area contributed by atoms with Gasteiger partial charge in [0.05, 0.1) is 20.9 Å². The Bertz CT molecular complexity index is 1200. The van der Waals surface area contributed by atoms with Crippen molar-refractivity contribution in [3.63, 3.8) is 0 Å². The summed E-state index contributed by atoms with van der Waals surface area (Å²) in [5.41, 5.74) is 3.19. The van der Waals surface area contributed by atoms with Crippen molar-refractivity contribution in [2.24, 2.45) is 0 Å². The van der Waals surface area contributed by atoms with Crippen molar-refractivity contribution >= 4 is 62.1 Å². The SMILES string of the molecule is CCC(C)c1nnc(-c2nn(-c3ccc(Cl)cc3Cl)c(-c3ccc(Cl)cc3)c2Br)s1. The predicted molar refractivity (Wildman–Crippen MR) is 129 cm³/mol. The number of benzene rings is 2. The second-order valence-corrected chi connectivity index (χ2v) is 9.86. The van der Waals surface area contributed by atoms with Gasteiger partial charge in [0.1, 0.15) is 10.7 Å². The third-order valence-electron chi connectivity index (χ3n) is 4.76. The molecule has 0 radical (unpaired) electrons. The van der Waals surface area contributed by atoms with Crippen LogP contribution in [0.5, 0.6) is 0 Å². The molecular weight excluding hydrogens is 527 g/mol. The molecule has 1 unspecified atom stereocenters. The highest BCUT2D eigenvalue weighted by Gasteiger charge is 2.24. The summed E-state index contributed by atoms with van der Waals surface area (Å²) >= 11 is 24.0. The van der Waals surface area contributed by atoms with Gasteiger partial charge >= 0.3 is 0 Å². The maximum atomic E-state index is 6.51. The molecule has 30 heavy (non-hydrogen) atoms. The highest BCUT2D eigenvalue weighted by Crippen LogP contribution is 2.41. The molecule has 4 aromatic rings. The van der Waals surface area contributed by atoms with Crippen molar-refractivity contribution < 1.29 is 0 Å². The van der Waals surface area contributed by atoms with Crippen molar-refractivity contribution in [2.75, 3.05) is 0 Å². The number of aromatic nitrogens is 4. The highest BCUT2D eigenvalue weighted by molar-refractivity contribution is 9.10. The number of hydrogen-bond acceptors (Lipinski definition) is 4. The summed E-state index contributed by atoms with van der Waals surface area (Å²) in [5.74, 6) is 0.346. The predicted octanol–water partition coefficient (Wildman–Crippen LogP) is 8.29. The summed E-state index contributed by atoms with van der Waals surface area (Å²) in [7, 11) is 0. The molecule has 2 aromatic heterocycles. The maximum absolute atomic E-state index is 6.51. The number of hydrogen-bond donors (Lipinski definition) is 0. The Morgan fingerprint density at radius 1 is 1.03 bits per heavy atom. The van der Waals surface area contributed by atoms with Gasteiger partial charge in [-0.25, -0.2) is 4.68 Å². The average Bonchev–Trinajstić information content (AvgIpc) is 3.33. The van der Waals surface area contributed by atoms with Crippen molar-refractivity contribution in [1.29, 1.82) is 0 Å². The summed E-state index contributed by atoms with van der Waals surface area (Å²) in [6, 6.07) is 12.9. The molecule has 2 heterocycles. The second-order valence-electron chi connectivity index (χ2n) is 6.78. The van der Waals surface area contributed by atoms with Crippen LogP contribution in [0.2, 0.25) is 15.1 Å². The third kappa shape index (κ3) is 4.16. The summed E-state index contributed by atoms with van der Waals surface area (Å²) in [4.78, 5) is 0. The first-order valence-electron chi connectivity index (χ1n) is 9.22. The van der Waals surface area contributed by atoms with Gasteiger partial charge in [0.2, 0.25) is 0 Å². The van der Waals surface area contributed by atoms with E-state index in [0.29, 0.717) is 32.4 Å². The molecule has 9 heteroatoms. The van der Waals surface area contributed by atoms with E-state index in [-0.39, 0.29) is 0 Å². The Hall–Kier alpha value is -1.44. The molecule has 0 saturated carbocycles. The smallest absolute Gasteiger partial charge is 0.169 e. The summed E-state index contributed by atoms with van der Waals surface area (Å²) < 4.78 is 2.61.